The molecule has 2 aromatic rings. The van der Waals surface area contributed by atoms with Crippen molar-refractivity contribution in [3.8, 4) is 0 Å². The maximum atomic E-state index is 12.6. The van der Waals surface area contributed by atoms with Gasteiger partial charge in [0.15, 0.2) is 0 Å². The standard InChI is InChI=1S/C19H22N2O5S/c1-3-6-17(19(23)24)20-18(22)14-8-5-10-16(12-14)27(25,26)21-15-9-4-7-13(2)11-15/h4-5,7-12,17,21H,3,6H2,1-2H3,(H,20,22)(H,23,24). The van der Waals surface area contributed by atoms with E-state index in [1.165, 1.54) is 24.3 Å². The fourth-order valence-corrected chi connectivity index (χ4v) is 3.61. The second-order valence-electron chi connectivity index (χ2n) is 6.16. The van der Waals surface area contributed by atoms with Crippen molar-refractivity contribution in [2.75, 3.05) is 4.72 Å². The number of rotatable bonds is 8. The minimum Gasteiger partial charge on any atom is -0.480 e. The smallest absolute Gasteiger partial charge is 0.326 e. The van der Waals surface area contributed by atoms with E-state index in [0.717, 1.165) is 5.56 Å². The van der Waals surface area contributed by atoms with Crippen molar-refractivity contribution in [2.45, 2.75) is 37.6 Å². The number of benzene rings is 2. The monoisotopic (exact) mass is 390 g/mol. The van der Waals surface area contributed by atoms with Gasteiger partial charge in [-0.25, -0.2) is 13.2 Å². The van der Waals surface area contributed by atoms with E-state index in [0.29, 0.717) is 12.1 Å². The van der Waals surface area contributed by atoms with Crippen LogP contribution in [-0.4, -0.2) is 31.4 Å². The molecule has 7 nitrogen and oxygen atoms in total. The molecule has 0 bridgehead atoms. The van der Waals surface area contributed by atoms with E-state index in [4.69, 9.17) is 5.11 Å². The van der Waals surface area contributed by atoms with E-state index in [2.05, 4.69) is 10.0 Å². The van der Waals surface area contributed by atoms with Gasteiger partial charge in [-0.15, -0.1) is 0 Å². The van der Waals surface area contributed by atoms with Crippen LogP contribution in [0.2, 0.25) is 0 Å². The quantitative estimate of drug-likeness (QED) is 0.641. The number of carboxylic acids is 1. The zero-order valence-electron chi connectivity index (χ0n) is 15.1. The highest BCUT2D eigenvalue weighted by atomic mass is 32.2. The Labute approximate surface area is 158 Å². The maximum Gasteiger partial charge on any atom is 0.326 e. The molecule has 1 atom stereocenters. The third-order valence-corrected chi connectivity index (χ3v) is 5.24. The molecule has 1 unspecified atom stereocenters. The average molecular weight is 390 g/mol. The van der Waals surface area contributed by atoms with Crippen LogP contribution in [0.5, 0.6) is 0 Å². The number of aliphatic carboxylic acids is 1. The molecule has 2 aromatic carbocycles. The van der Waals surface area contributed by atoms with Gasteiger partial charge in [-0.05, 0) is 49.2 Å². The number of nitrogens with one attached hydrogen (secondary N) is 2. The van der Waals surface area contributed by atoms with Gasteiger partial charge in [0.05, 0.1) is 4.90 Å². The van der Waals surface area contributed by atoms with Crippen molar-refractivity contribution in [1.82, 2.24) is 5.32 Å². The highest BCUT2D eigenvalue weighted by Gasteiger charge is 2.21. The maximum absolute atomic E-state index is 12.6. The molecule has 0 heterocycles. The lowest BCUT2D eigenvalue weighted by molar-refractivity contribution is -0.139. The molecule has 0 aliphatic heterocycles. The summed E-state index contributed by atoms with van der Waals surface area (Å²) in [5.74, 6) is -1.77. The van der Waals surface area contributed by atoms with E-state index in [9.17, 15) is 18.0 Å². The molecular weight excluding hydrogens is 368 g/mol. The summed E-state index contributed by atoms with van der Waals surface area (Å²) in [6.45, 7) is 3.66. The number of carbonyl (C=O) groups excluding carboxylic acids is 1. The SMILES string of the molecule is CCCC(NC(=O)c1cccc(S(=O)(=O)Nc2cccc(C)c2)c1)C(=O)O. The zero-order valence-corrected chi connectivity index (χ0v) is 15.9. The fraction of sp³-hybridized carbons (Fsp3) is 0.263. The molecule has 0 aromatic heterocycles. The second-order valence-corrected chi connectivity index (χ2v) is 7.84. The van der Waals surface area contributed by atoms with E-state index >= 15 is 0 Å². The Kier molecular flexibility index (Phi) is 6.57. The van der Waals surface area contributed by atoms with Gasteiger partial charge in [0.1, 0.15) is 6.04 Å². The van der Waals surface area contributed by atoms with Crippen LogP contribution in [0.4, 0.5) is 5.69 Å². The number of aryl methyl sites for hydroxylation is 1. The first-order valence-corrected chi connectivity index (χ1v) is 9.94. The first-order valence-electron chi connectivity index (χ1n) is 8.46. The predicted octanol–water partition coefficient (Wildman–Crippen LogP) is 2.78. The number of carboxylic acid groups (broad SMARTS) is 1. The first kappa shape index (κ1) is 20.4. The number of sulfonamides is 1. The summed E-state index contributed by atoms with van der Waals surface area (Å²) in [4.78, 5) is 23.4. The number of carbonyl (C=O) groups is 2. The highest BCUT2D eigenvalue weighted by molar-refractivity contribution is 7.92. The Balaban J connectivity index is 2.23. The van der Waals surface area contributed by atoms with Gasteiger partial charge in [0.25, 0.3) is 15.9 Å². The van der Waals surface area contributed by atoms with E-state index in [-0.39, 0.29) is 16.9 Å². The zero-order chi connectivity index (χ0) is 20.0. The van der Waals surface area contributed by atoms with E-state index in [1.807, 2.05) is 19.9 Å². The largest absolute Gasteiger partial charge is 0.480 e. The minimum atomic E-state index is -3.89. The molecule has 2 rings (SSSR count). The van der Waals surface area contributed by atoms with Crippen LogP contribution in [0, 0.1) is 6.92 Å². The lowest BCUT2D eigenvalue weighted by Gasteiger charge is -2.14. The van der Waals surface area contributed by atoms with Gasteiger partial charge in [-0.1, -0.05) is 31.5 Å². The molecule has 0 aliphatic carbocycles. The van der Waals surface area contributed by atoms with Crippen molar-refractivity contribution in [2.24, 2.45) is 0 Å². The van der Waals surface area contributed by atoms with E-state index < -0.39 is 27.9 Å². The lowest BCUT2D eigenvalue weighted by atomic mass is 10.1. The van der Waals surface area contributed by atoms with Gasteiger partial charge >= 0.3 is 5.97 Å². The Morgan fingerprint density at radius 3 is 2.44 bits per heavy atom. The van der Waals surface area contributed by atoms with Crippen LogP contribution >= 0.6 is 0 Å². The number of amides is 1. The van der Waals surface area contributed by atoms with Crippen LogP contribution < -0.4 is 10.0 Å². The van der Waals surface area contributed by atoms with Crippen LogP contribution in [0.15, 0.2) is 53.4 Å². The average Bonchev–Trinajstić information content (AvgIpc) is 2.61. The Hall–Kier alpha value is -2.87. The second kappa shape index (κ2) is 8.68. The molecule has 0 saturated carbocycles. The molecule has 0 aliphatic rings. The van der Waals surface area contributed by atoms with Crippen LogP contribution in [0.1, 0.15) is 35.7 Å². The molecule has 27 heavy (non-hydrogen) atoms. The van der Waals surface area contributed by atoms with Crippen molar-refractivity contribution >= 4 is 27.6 Å². The summed E-state index contributed by atoms with van der Waals surface area (Å²) in [5.41, 5.74) is 1.39. The van der Waals surface area contributed by atoms with Crippen molar-refractivity contribution < 1.29 is 23.1 Å². The molecule has 3 N–H and O–H groups in total. The van der Waals surface area contributed by atoms with Gasteiger partial charge in [-0.2, -0.15) is 0 Å². The predicted molar refractivity (Wildman–Crippen MR) is 102 cm³/mol. The molecule has 0 spiro atoms. The summed E-state index contributed by atoms with van der Waals surface area (Å²) in [6, 6.07) is 11.3. The molecule has 144 valence electrons. The molecule has 0 saturated heterocycles. The Bertz CT molecular complexity index is 941. The van der Waals surface area contributed by atoms with Gasteiger partial charge < -0.3 is 10.4 Å². The molecular formula is C19H22N2O5S. The number of hydrogen-bond acceptors (Lipinski definition) is 4. The highest BCUT2D eigenvalue weighted by Crippen LogP contribution is 2.18. The molecule has 0 radical (unpaired) electrons. The molecule has 8 heteroatoms. The van der Waals surface area contributed by atoms with Crippen molar-refractivity contribution in [3.05, 3.63) is 59.7 Å². The number of hydrogen-bond donors (Lipinski definition) is 3. The summed E-state index contributed by atoms with van der Waals surface area (Å²) in [6.07, 6.45) is 0.875. The van der Waals surface area contributed by atoms with Crippen molar-refractivity contribution in [3.63, 3.8) is 0 Å². The fourth-order valence-electron chi connectivity index (χ4n) is 2.51. The lowest BCUT2D eigenvalue weighted by Crippen LogP contribution is -2.40. The van der Waals surface area contributed by atoms with Crippen LogP contribution in [0.25, 0.3) is 0 Å². The van der Waals surface area contributed by atoms with Crippen molar-refractivity contribution in [1.29, 1.82) is 0 Å². The number of anilines is 1. The molecule has 0 fully saturated rings. The third-order valence-electron chi connectivity index (χ3n) is 3.86. The summed E-state index contributed by atoms with van der Waals surface area (Å²) >= 11 is 0. The van der Waals surface area contributed by atoms with Crippen LogP contribution in [-0.2, 0) is 14.8 Å². The van der Waals surface area contributed by atoms with Crippen LogP contribution in [0.3, 0.4) is 0 Å². The topological polar surface area (TPSA) is 113 Å². The van der Waals surface area contributed by atoms with E-state index in [1.54, 1.807) is 18.2 Å². The molecule has 1 amide bonds. The van der Waals surface area contributed by atoms with Gasteiger partial charge in [-0.3, -0.25) is 9.52 Å². The summed E-state index contributed by atoms with van der Waals surface area (Å²) in [5, 5.41) is 11.6. The third kappa shape index (κ3) is 5.55. The first-order chi connectivity index (χ1) is 12.7. The Morgan fingerprint density at radius 2 is 1.81 bits per heavy atom. The van der Waals surface area contributed by atoms with Gasteiger partial charge in [0, 0.05) is 11.3 Å². The summed E-state index contributed by atoms with van der Waals surface area (Å²) < 4.78 is 27.6. The minimum absolute atomic E-state index is 0.0736. The van der Waals surface area contributed by atoms with Gasteiger partial charge in [0.2, 0.25) is 0 Å². The summed E-state index contributed by atoms with van der Waals surface area (Å²) in [7, 11) is -3.89. The Morgan fingerprint density at radius 1 is 1.11 bits per heavy atom. The normalized spacial score (nSPS) is 12.2.